The summed E-state index contributed by atoms with van der Waals surface area (Å²) in [5.74, 6) is -1.13. The van der Waals surface area contributed by atoms with E-state index >= 15 is 0 Å². The van der Waals surface area contributed by atoms with E-state index in [1.165, 1.54) is 0 Å². The number of carbonyl (C=O) groups excluding carboxylic acids is 1. The summed E-state index contributed by atoms with van der Waals surface area (Å²) in [6.07, 6.45) is 3.47. The maximum atomic E-state index is 11.7. The third-order valence-electron chi connectivity index (χ3n) is 5.23. The predicted molar refractivity (Wildman–Crippen MR) is 134 cm³/mol. The lowest BCUT2D eigenvalue weighted by atomic mass is 10.0. The molecular formula is C24H36N4O8. The summed E-state index contributed by atoms with van der Waals surface area (Å²) in [4.78, 5) is 36.7. The number of nitrogens with one attached hydrogen (secondary N) is 2. The van der Waals surface area contributed by atoms with Gasteiger partial charge in [0.1, 0.15) is 5.60 Å². The van der Waals surface area contributed by atoms with Crippen LogP contribution < -0.4 is 15.4 Å². The molecule has 1 saturated heterocycles. The molecule has 0 unspecified atom stereocenters. The first-order valence-corrected chi connectivity index (χ1v) is 11.8. The van der Waals surface area contributed by atoms with Crippen LogP contribution in [0.15, 0.2) is 18.2 Å². The van der Waals surface area contributed by atoms with Crippen LogP contribution in [0.25, 0.3) is 0 Å². The molecule has 0 spiro atoms. The van der Waals surface area contributed by atoms with Gasteiger partial charge in [-0.2, -0.15) is 0 Å². The Kier molecular flexibility index (Phi) is 10.9. The molecule has 3 N–H and O–H groups in total. The van der Waals surface area contributed by atoms with Crippen LogP contribution in [0.2, 0.25) is 0 Å². The van der Waals surface area contributed by atoms with Gasteiger partial charge >= 0.3 is 12.1 Å². The summed E-state index contributed by atoms with van der Waals surface area (Å²) in [5, 5.41) is 26.8. The summed E-state index contributed by atoms with van der Waals surface area (Å²) in [7, 11) is 0. The average Bonchev–Trinajstić information content (AvgIpc) is 2.79. The Morgan fingerprint density at radius 3 is 2.53 bits per heavy atom. The number of alkyl carbamates (subject to hydrolysis) is 1. The number of benzene rings is 1. The second kappa shape index (κ2) is 13.6. The van der Waals surface area contributed by atoms with Crippen molar-refractivity contribution in [2.45, 2.75) is 39.7 Å². The zero-order chi connectivity index (χ0) is 26.7. The molecule has 1 aliphatic rings. The molecule has 1 heterocycles. The molecule has 1 fully saturated rings. The predicted octanol–water partition coefficient (Wildman–Crippen LogP) is 3.20. The van der Waals surface area contributed by atoms with Crippen LogP contribution in [-0.2, 0) is 9.47 Å². The van der Waals surface area contributed by atoms with Gasteiger partial charge in [0.05, 0.1) is 30.3 Å². The topological polar surface area (TPSA) is 152 Å². The van der Waals surface area contributed by atoms with Crippen LogP contribution in [0.5, 0.6) is 5.75 Å². The quantitative estimate of drug-likeness (QED) is 0.166. The number of nitro benzene ring substituents is 1. The number of amides is 1. The Balaban J connectivity index is 2.07. The Hall–Kier alpha value is -3.38. The maximum Gasteiger partial charge on any atom is 0.407 e. The molecule has 0 atom stereocenters. The number of ether oxygens (including phenoxy) is 3. The molecular weight excluding hydrogens is 472 g/mol. The number of hydrogen-bond acceptors (Lipinski definition) is 9. The average molecular weight is 509 g/mol. The van der Waals surface area contributed by atoms with E-state index in [0.717, 1.165) is 25.7 Å². The zero-order valence-electron chi connectivity index (χ0n) is 21.3. The first kappa shape index (κ1) is 28.9. The fourth-order valence-electron chi connectivity index (χ4n) is 3.53. The molecule has 0 saturated carbocycles. The van der Waals surface area contributed by atoms with Gasteiger partial charge < -0.3 is 30.0 Å². The molecule has 1 aromatic rings. The van der Waals surface area contributed by atoms with E-state index in [1.54, 1.807) is 39.8 Å². The van der Waals surface area contributed by atoms with Crippen molar-refractivity contribution in [2.24, 2.45) is 0 Å². The second-order valence-corrected chi connectivity index (χ2v) is 9.23. The minimum Gasteiger partial charge on any atom is -0.491 e. The first-order valence-electron chi connectivity index (χ1n) is 11.8. The molecule has 12 heteroatoms. The molecule has 12 nitrogen and oxygen atoms in total. The maximum absolute atomic E-state index is 11.7. The first-order chi connectivity index (χ1) is 17.0. The number of nitro groups is 1. The van der Waals surface area contributed by atoms with Crippen molar-refractivity contribution >= 4 is 23.4 Å². The molecule has 1 aliphatic heterocycles. The van der Waals surface area contributed by atoms with Gasteiger partial charge in [0.25, 0.3) is 5.69 Å². The smallest absolute Gasteiger partial charge is 0.407 e. The summed E-state index contributed by atoms with van der Waals surface area (Å²) in [5.41, 5.74) is -0.766. The fourth-order valence-corrected chi connectivity index (χ4v) is 3.53. The Labute approximate surface area is 210 Å². The monoisotopic (exact) mass is 508 g/mol. The fraction of sp³-hybridized carbons (Fsp3) is 0.583. The molecule has 200 valence electrons. The van der Waals surface area contributed by atoms with Crippen molar-refractivity contribution in [3.8, 4) is 5.75 Å². The third-order valence-corrected chi connectivity index (χ3v) is 5.23. The highest BCUT2D eigenvalue weighted by Gasteiger charge is 2.26. The number of rotatable bonds is 12. The highest BCUT2D eigenvalue weighted by Crippen LogP contribution is 2.39. The lowest BCUT2D eigenvalue weighted by molar-refractivity contribution is -0.384. The van der Waals surface area contributed by atoms with Crippen LogP contribution in [0.3, 0.4) is 0 Å². The molecule has 1 aromatic carbocycles. The van der Waals surface area contributed by atoms with Gasteiger partial charge in [-0.25, -0.2) is 9.59 Å². The van der Waals surface area contributed by atoms with Gasteiger partial charge in [-0.1, -0.05) is 12.2 Å². The van der Waals surface area contributed by atoms with E-state index in [-0.39, 0.29) is 42.4 Å². The van der Waals surface area contributed by atoms with E-state index in [0.29, 0.717) is 25.2 Å². The second-order valence-electron chi connectivity index (χ2n) is 9.23. The SMILES string of the molecule is Cc1c(C(=O)O)cc([N+](=O)[O-])c(NCC=CCNC(=O)OC(C)(C)C)c1OCCCN1CCOCC1. The van der Waals surface area contributed by atoms with Gasteiger partial charge in [-0.3, -0.25) is 15.0 Å². The molecule has 0 radical (unpaired) electrons. The van der Waals surface area contributed by atoms with Crippen molar-refractivity contribution < 1.29 is 33.8 Å². The summed E-state index contributed by atoms with van der Waals surface area (Å²) in [6, 6.07) is 1.04. The highest BCUT2D eigenvalue weighted by atomic mass is 16.6. The van der Waals surface area contributed by atoms with E-state index < -0.39 is 22.6 Å². The van der Waals surface area contributed by atoms with Crippen LogP contribution in [0, 0.1) is 17.0 Å². The van der Waals surface area contributed by atoms with Gasteiger partial charge in [0.15, 0.2) is 11.4 Å². The lowest BCUT2D eigenvalue weighted by Gasteiger charge is -2.26. The molecule has 36 heavy (non-hydrogen) atoms. The number of aromatic carboxylic acids is 1. The minimum absolute atomic E-state index is 0.110. The van der Waals surface area contributed by atoms with Crippen LogP contribution in [-0.4, -0.2) is 85.1 Å². The number of carbonyl (C=O) groups is 2. The van der Waals surface area contributed by atoms with Gasteiger partial charge in [0, 0.05) is 44.4 Å². The zero-order valence-corrected chi connectivity index (χ0v) is 21.3. The molecule has 0 aromatic heterocycles. The summed E-state index contributed by atoms with van der Waals surface area (Å²) < 4.78 is 16.4. The number of nitrogens with zero attached hydrogens (tertiary/aromatic N) is 2. The van der Waals surface area contributed by atoms with Crippen molar-refractivity contribution in [2.75, 3.05) is 57.9 Å². The van der Waals surface area contributed by atoms with Crippen LogP contribution in [0.1, 0.15) is 43.1 Å². The summed E-state index contributed by atoms with van der Waals surface area (Å²) >= 11 is 0. The van der Waals surface area contributed by atoms with Gasteiger partial charge in [-0.05, 0) is 34.1 Å². The molecule has 0 bridgehead atoms. The van der Waals surface area contributed by atoms with E-state index in [9.17, 15) is 24.8 Å². The number of carboxylic acid groups (broad SMARTS) is 1. The Morgan fingerprint density at radius 2 is 1.92 bits per heavy atom. The molecule has 2 rings (SSSR count). The Morgan fingerprint density at radius 1 is 1.25 bits per heavy atom. The van der Waals surface area contributed by atoms with Crippen molar-refractivity contribution in [1.29, 1.82) is 0 Å². The summed E-state index contributed by atoms with van der Waals surface area (Å²) in [6.45, 7) is 11.3. The minimum atomic E-state index is -1.27. The number of morpholine rings is 1. The van der Waals surface area contributed by atoms with Gasteiger partial charge in [0.2, 0.25) is 0 Å². The largest absolute Gasteiger partial charge is 0.491 e. The molecule has 0 aliphatic carbocycles. The number of hydrogen-bond donors (Lipinski definition) is 3. The standard InChI is InChI=1S/C24H36N4O8/c1-17-18(22(29)30)16-19(28(32)33)20(21(17)35-13-7-10-27-11-14-34-15-12-27)25-8-5-6-9-26-23(31)36-24(2,3)4/h5-6,16,25H,7-15H2,1-4H3,(H,26,31)(H,29,30). The van der Waals surface area contributed by atoms with E-state index in [1.807, 2.05) is 0 Å². The van der Waals surface area contributed by atoms with Crippen LogP contribution in [0.4, 0.5) is 16.2 Å². The van der Waals surface area contributed by atoms with Crippen molar-refractivity contribution in [3.05, 3.63) is 39.5 Å². The van der Waals surface area contributed by atoms with Crippen molar-refractivity contribution in [3.63, 3.8) is 0 Å². The van der Waals surface area contributed by atoms with E-state index in [2.05, 4.69) is 15.5 Å². The lowest BCUT2D eigenvalue weighted by Crippen LogP contribution is -2.37. The van der Waals surface area contributed by atoms with Gasteiger partial charge in [-0.15, -0.1) is 0 Å². The molecule has 1 amide bonds. The van der Waals surface area contributed by atoms with Crippen LogP contribution >= 0.6 is 0 Å². The Bertz CT molecular complexity index is 952. The highest BCUT2D eigenvalue weighted by molar-refractivity contribution is 5.94. The van der Waals surface area contributed by atoms with E-state index in [4.69, 9.17) is 14.2 Å². The normalized spacial score (nSPS) is 14.4. The van der Waals surface area contributed by atoms with Crippen molar-refractivity contribution in [1.82, 2.24) is 10.2 Å². The number of anilines is 1. The number of carboxylic acids is 1. The third kappa shape index (κ3) is 9.34.